The SMILES string of the molecule is CC(=O)N1c2ccc(O)cc2Oc2cc(O)ccc21.CN.COc1cc(-c2ccc(N)c(OC)c2)ccc1N.COc1cc(-c2ccc(N=O)c(OC)c2)ccc1N=O.O.O.O=c1ccc2nc3ccc(O)cc3oc-2c1.OO.OO.[Co+2]. The van der Waals surface area contributed by atoms with Gasteiger partial charge in [0.15, 0.2) is 28.3 Å². The summed E-state index contributed by atoms with van der Waals surface area (Å²) in [5.74, 6) is 3.26. The quantitative estimate of drug-likeness (QED) is 0.0222. The maximum Gasteiger partial charge on any atom is 2.00 e. The van der Waals surface area contributed by atoms with E-state index in [4.69, 9.17) is 60.6 Å². The first-order valence-corrected chi connectivity index (χ1v) is 22.7. The van der Waals surface area contributed by atoms with Crippen LogP contribution in [-0.4, -0.2) is 93.7 Å². The zero-order chi connectivity index (χ0) is 58.3. The van der Waals surface area contributed by atoms with Crippen molar-refractivity contribution in [3.8, 4) is 85.5 Å². The minimum Gasteiger partial charge on any atom is -0.508 e. The third-order valence-electron chi connectivity index (χ3n) is 10.9. The molecule has 2 aliphatic heterocycles. The third-order valence-corrected chi connectivity index (χ3v) is 10.9. The molecule has 17 N–H and O–H groups in total. The standard InChI is InChI=1S/C14H12N2O4.C14H16N2O2.C14H11NO4.C12H7NO3.CH5N.Co.2H2O2.2H2O/c1-19-13-7-9(3-5-11(13)15-17)10-4-6-12(16-18)14(8-10)20-2;1-17-13-7-9(3-5-11(13)15)10-4-6-12(16)14(8-10)18-2;1-8(16)15-11-4-2-9(17)6-13(11)19-14-7-10(18)3-5-12(14)15;14-7-1-3-9-11(5-7)16-12-6-8(15)2-4-10(12)13-9;1-2;;2*1-2;;/h3-8H,1-2H3;3-8H,15-16H2,1-2H3;2-7,17-18H,1H3;1-6,14H;2H2,1H3;;2*1-2H;2*1H2/q;;;;;+2;;;;. The van der Waals surface area contributed by atoms with E-state index in [1.165, 1.54) is 75.6 Å². The van der Waals surface area contributed by atoms with Crippen molar-refractivity contribution in [1.29, 1.82) is 0 Å². The molecule has 10 rings (SSSR count). The van der Waals surface area contributed by atoms with Crippen LogP contribution in [0.2, 0.25) is 0 Å². The van der Waals surface area contributed by atoms with Gasteiger partial charge in [-0.25, -0.2) is 4.98 Å². The molecule has 26 nitrogen and oxygen atoms in total. The predicted octanol–water partition coefficient (Wildman–Crippen LogP) is 9.55. The molecular formula is C55H59CoN7O19+2. The number of nitroso groups, excluding NO2 is 2. The van der Waals surface area contributed by atoms with Gasteiger partial charge >= 0.3 is 16.8 Å². The number of carbonyl (C=O) groups is 1. The maximum atomic E-state index is 11.8. The molecule has 2 heterocycles. The van der Waals surface area contributed by atoms with E-state index >= 15 is 0 Å². The van der Waals surface area contributed by atoms with Gasteiger partial charge in [-0.1, -0.05) is 24.3 Å². The summed E-state index contributed by atoms with van der Waals surface area (Å²) in [7, 11) is 7.62. The minimum absolute atomic E-state index is 0. The van der Waals surface area contributed by atoms with E-state index in [0.29, 0.717) is 79.8 Å². The number of aromatic nitrogens is 1. The van der Waals surface area contributed by atoms with Gasteiger partial charge in [0.2, 0.25) is 5.91 Å². The van der Waals surface area contributed by atoms with Crippen LogP contribution in [0.3, 0.4) is 0 Å². The van der Waals surface area contributed by atoms with Gasteiger partial charge in [0.25, 0.3) is 0 Å². The Balaban J connectivity index is 0.000000524. The number of methoxy groups -OCH3 is 4. The predicted molar refractivity (Wildman–Crippen MR) is 305 cm³/mol. The zero-order valence-corrected chi connectivity index (χ0v) is 45.5. The van der Waals surface area contributed by atoms with Crippen LogP contribution in [0.15, 0.2) is 165 Å². The van der Waals surface area contributed by atoms with Crippen LogP contribution in [0.4, 0.5) is 34.1 Å². The minimum atomic E-state index is -0.179. The van der Waals surface area contributed by atoms with E-state index in [9.17, 15) is 34.7 Å². The van der Waals surface area contributed by atoms with Gasteiger partial charge in [0.05, 0.1) is 51.2 Å². The number of benzene rings is 8. The Morgan fingerprint density at radius 3 is 1.33 bits per heavy atom. The Hall–Kier alpha value is -9.94. The number of phenolic OH excluding ortho intramolecular Hbond substituents is 3. The maximum absolute atomic E-state index is 11.8. The van der Waals surface area contributed by atoms with Gasteiger partial charge < -0.3 is 71.6 Å². The number of fused-ring (bicyclic) bond motifs is 4. The van der Waals surface area contributed by atoms with Gasteiger partial charge in [-0.15, -0.1) is 9.81 Å². The zero-order valence-electron chi connectivity index (χ0n) is 44.4. The number of aromatic hydroxyl groups is 3. The number of carbonyl (C=O) groups excluding carboxylic acids is 1. The van der Waals surface area contributed by atoms with E-state index in [1.807, 2.05) is 36.4 Å². The number of hydrogen-bond donors (Lipinski definition) is 10. The van der Waals surface area contributed by atoms with Crippen molar-refractivity contribution >= 4 is 51.1 Å². The molecule has 0 fully saturated rings. The molecule has 1 amide bonds. The van der Waals surface area contributed by atoms with Gasteiger partial charge in [-0.2, -0.15) is 0 Å². The number of nitrogens with two attached hydrogens (primary N) is 3. The Morgan fingerprint density at radius 1 is 0.537 bits per heavy atom. The second kappa shape index (κ2) is 34.1. The molecule has 3 aliphatic rings. The number of rotatable bonds is 8. The number of hydrogen-bond acceptors (Lipinski definition) is 23. The molecular weight excluding hydrogens is 1120 g/mol. The molecule has 1 aliphatic carbocycles. The fourth-order valence-corrected chi connectivity index (χ4v) is 7.37. The first kappa shape index (κ1) is 70.1. The molecule has 0 atom stereocenters. The Kier molecular flexibility index (Phi) is 29.2. The average molecular weight is 1180 g/mol. The number of ether oxygens (including phenoxy) is 5. The van der Waals surface area contributed by atoms with Crippen LogP contribution in [0, 0.1) is 9.81 Å². The largest absolute Gasteiger partial charge is 2.00 e. The summed E-state index contributed by atoms with van der Waals surface area (Å²) >= 11 is 0. The number of anilines is 4. The van der Waals surface area contributed by atoms with Crippen LogP contribution in [0.5, 0.6) is 51.7 Å². The van der Waals surface area contributed by atoms with Crippen molar-refractivity contribution in [2.45, 2.75) is 6.92 Å². The van der Waals surface area contributed by atoms with Crippen molar-refractivity contribution < 1.29 is 97.0 Å². The van der Waals surface area contributed by atoms with Crippen molar-refractivity contribution in [2.75, 3.05) is 51.9 Å². The van der Waals surface area contributed by atoms with Gasteiger partial charge in [-0.05, 0) is 137 Å². The average Bonchev–Trinajstić information content (AvgIpc) is 3.50. The second-order valence-corrected chi connectivity index (χ2v) is 15.6. The second-order valence-electron chi connectivity index (χ2n) is 15.6. The van der Waals surface area contributed by atoms with E-state index in [-0.39, 0.29) is 67.7 Å². The Labute approximate surface area is 477 Å². The number of phenols is 3. The molecule has 0 aromatic heterocycles. The molecule has 435 valence electrons. The summed E-state index contributed by atoms with van der Waals surface area (Å²) in [6.07, 6.45) is 0. The van der Waals surface area contributed by atoms with Gasteiger partial charge in [0, 0.05) is 31.2 Å². The van der Waals surface area contributed by atoms with Crippen LogP contribution < -0.4 is 51.2 Å². The molecule has 0 saturated carbocycles. The van der Waals surface area contributed by atoms with Crippen molar-refractivity contribution in [2.24, 2.45) is 16.1 Å². The first-order valence-electron chi connectivity index (χ1n) is 22.7. The topological polar surface area (TPSA) is 451 Å². The van der Waals surface area contributed by atoms with Crippen molar-refractivity contribution in [1.82, 2.24) is 4.98 Å². The van der Waals surface area contributed by atoms with Crippen LogP contribution in [0.1, 0.15) is 6.92 Å². The van der Waals surface area contributed by atoms with E-state index in [0.717, 1.165) is 22.3 Å². The summed E-state index contributed by atoms with van der Waals surface area (Å²) in [5.41, 5.74) is 24.1. The monoisotopic (exact) mass is 1180 g/mol. The number of nitrogen functional groups attached to an aromatic ring is 2. The first-order chi connectivity index (χ1) is 38.2. The molecule has 0 bridgehead atoms. The van der Waals surface area contributed by atoms with Crippen molar-refractivity contribution in [3.63, 3.8) is 0 Å². The summed E-state index contributed by atoms with van der Waals surface area (Å²) < 4.78 is 31.7. The van der Waals surface area contributed by atoms with Crippen LogP contribution >= 0.6 is 0 Å². The van der Waals surface area contributed by atoms with Crippen LogP contribution in [-0.2, 0) is 21.6 Å². The molecule has 0 saturated heterocycles. The van der Waals surface area contributed by atoms with E-state index < -0.39 is 0 Å². The van der Waals surface area contributed by atoms with Crippen molar-refractivity contribution in [3.05, 3.63) is 166 Å². The molecule has 27 heteroatoms. The number of amides is 1. The van der Waals surface area contributed by atoms with Crippen LogP contribution in [0.25, 0.3) is 44.8 Å². The number of nitrogens with zero attached hydrogens (tertiary/aromatic N) is 4. The van der Waals surface area contributed by atoms with Gasteiger partial charge in [0.1, 0.15) is 62.8 Å². The van der Waals surface area contributed by atoms with Gasteiger partial charge in [-0.3, -0.25) is 35.5 Å². The molecule has 82 heavy (non-hydrogen) atoms. The summed E-state index contributed by atoms with van der Waals surface area (Å²) in [4.78, 5) is 50.0. The fraction of sp³-hybridized carbons (Fsp3) is 0.109. The molecule has 7 aromatic carbocycles. The smallest absolute Gasteiger partial charge is 0.508 e. The summed E-state index contributed by atoms with van der Waals surface area (Å²) in [6.45, 7) is 1.44. The Morgan fingerprint density at radius 2 is 0.927 bits per heavy atom. The fourth-order valence-electron chi connectivity index (χ4n) is 7.37. The van der Waals surface area contributed by atoms with E-state index in [2.05, 4.69) is 21.1 Å². The molecule has 1 radical (unpaired) electrons. The molecule has 0 spiro atoms. The third kappa shape index (κ3) is 17.5. The normalized spacial score (nSPS) is 9.87. The Bertz CT molecular complexity index is 3390. The summed E-state index contributed by atoms with van der Waals surface area (Å²) in [6, 6.07) is 39.5. The molecule has 0 unspecified atom stereocenters. The molecule has 7 aromatic rings. The summed E-state index contributed by atoms with van der Waals surface area (Å²) in [5, 5.41) is 58.0. The van der Waals surface area contributed by atoms with E-state index in [1.54, 1.807) is 80.9 Å².